The monoisotopic (exact) mass is 227 g/mol. The molecule has 0 bridgehead atoms. The molecule has 0 saturated heterocycles. The van der Waals surface area contributed by atoms with Gasteiger partial charge in [0.1, 0.15) is 0 Å². The Kier molecular flexibility index (Phi) is 3.47. The van der Waals surface area contributed by atoms with Gasteiger partial charge in [0.2, 0.25) is 5.91 Å². The normalized spacial score (nSPS) is 9.94. The molecule has 1 aromatic heterocycles. The molecule has 2 rings (SSSR count). The van der Waals surface area contributed by atoms with Gasteiger partial charge in [-0.05, 0) is 23.8 Å². The molecule has 4 heteroatoms. The molecule has 0 aliphatic rings. The average Bonchev–Trinajstić information content (AvgIpc) is 2.40. The quantitative estimate of drug-likeness (QED) is 0.471. The minimum absolute atomic E-state index is 0.205. The van der Waals surface area contributed by atoms with E-state index in [-0.39, 0.29) is 12.3 Å². The molecule has 1 aromatic carbocycles. The largest absolute Gasteiger partial charge is 0.294 e. The van der Waals surface area contributed by atoms with Gasteiger partial charge in [0.05, 0.1) is 12.1 Å². The standard InChI is InChI=1S/C13H13N3O/c14-16-13(17)9-10-4-3-5-11(8-10)12-6-1-2-7-15-12/h1-8H,9,14H2,(H,16,17). The molecule has 0 spiro atoms. The van der Waals surface area contributed by atoms with Crippen LogP contribution in [0.25, 0.3) is 11.3 Å². The highest BCUT2D eigenvalue weighted by molar-refractivity contribution is 5.78. The lowest BCUT2D eigenvalue weighted by Gasteiger charge is -2.04. The third-order valence-corrected chi connectivity index (χ3v) is 2.41. The lowest BCUT2D eigenvalue weighted by molar-refractivity contribution is -0.120. The molecule has 17 heavy (non-hydrogen) atoms. The van der Waals surface area contributed by atoms with E-state index in [0.717, 1.165) is 16.8 Å². The van der Waals surface area contributed by atoms with Crippen LogP contribution < -0.4 is 11.3 Å². The highest BCUT2D eigenvalue weighted by atomic mass is 16.2. The van der Waals surface area contributed by atoms with Crippen LogP contribution in [0.3, 0.4) is 0 Å². The Morgan fingerprint density at radius 2 is 2.12 bits per heavy atom. The van der Waals surface area contributed by atoms with Gasteiger partial charge in [0, 0.05) is 11.8 Å². The summed E-state index contributed by atoms with van der Waals surface area (Å²) in [4.78, 5) is 15.4. The van der Waals surface area contributed by atoms with Crippen LogP contribution in [0, 0.1) is 0 Å². The number of nitrogens with two attached hydrogens (primary N) is 1. The number of benzene rings is 1. The van der Waals surface area contributed by atoms with Gasteiger partial charge in [0.25, 0.3) is 0 Å². The van der Waals surface area contributed by atoms with Gasteiger partial charge in [-0.3, -0.25) is 15.2 Å². The molecule has 1 heterocycles. The first-order valence-corrected chi connectivity index (χ1v) is 5.29. The number of aromatic nitrogens is 1. The zero-order valence-corrected chi connectivity index (χ0v) is 9.26. The van der Waals surface area contributed by atoms with E-state index in [1.807, 2.05) is 42.5 Å². The van der Waals surface area contributed by atoms with Crippen LogP contribution in [0.2, 0.25) is 0 Å². The first-order chi connectivity index (χ1) is 8.29. The molecule has 0 aliphatic carbocycles. The Hall–Kier alpha value is -2.20. The van der Waals surface area contributed by atoms with Crippen molar-refractivity contribution < 1.29 is 4.79 Å². The van der Waals surface area contributed by atoms with Gasteiger partial charge in [-0.1, -0.05) is 24.3 Å². The third kappa shape index (κ3) is 2.89. The maximum Gasteiger partial charge on any atom is 0.238 e. The van der Waals surface area contributed by atoms with E-state index in [9.17, 15) is 4.79 Å². The van der Waals surface area contributed by atoms with Crippen molar-refractivity contribution in [3.05, 3.63) is 54.2 Å². The summed E-state index contributed by atoms with van der Waals surface area (Å²) >= 11 is 0. The molecule has 0 unspecified atom stereocenters. The number of nitrogens with zero attached hydrogens (tertiary/aromatic N) is 1. The van der Waals surface area contributed by atoms with Crippen LogP contribution in [0.1, 0.15) is 5.56 Å². The van der Waals surface area contributed by atoms with E-state index in [0.29, 0.717) is 0 Å². The predicted molar refractivity (Wildman–Crippen MR) is 65.7 cm³/mol. The van der Waals surface area contributed by atoms with Crippen molar-refractivity contribution >= 4 is 5.91 Å². The van der Waals surface area contributed by atoms with Crippen molar-refractivity contribution in [2.24, 2.45) is 5.84 Å². The van der Waals surface area contributed by atoms with Crippen molar-refractivity contribution in [2.75, 3.05) is 0 Å². The molecule has 0 saturated carbocycles. The van der Waals surface area contributed by atoms with Gasteiger partial charge >= 0.3 is 0 Å². The molecule has 2 aromatic rings. The second-order valence-corrected chi connectivity index (χ2v) is 3.66. The smallest absolute Gasteiger partial charge is 0.238 e. The Bertz CT molecular complexity index is 511. The van der Waals surface area contributed by atoms with Crippen LogP contribution in [-0.4, -0.2) is 10.9 Å². The summed E-state index contributed by atoms with van der Waals surface area (Å²) in [7, 11) is 0. The van der Waals surface area contributed by atoms with Crippen molar-refractivity contribution in [1.29, 1.82) is 0 Å². The fourth-order valence-electron chi connectivity index (χ4n) is 1.61. The Labute approximate surface area is 99.5 Å². The predicted octanol–water partition coefficient (Wildman–Crippen LogP) is 1.28. The van der Waals surface area contributed by atoms with Crippen LogP contribution >= 0.6 is 0 Å². The molecule has 0 fully saturated rings. The highest BCUT2D eigenvalue weighted by Gasteiger charge is 2.03. The van der Waals surface area contributed by atoms with Crippen molar-refractivity contribution in [3.8, 4) is 11.3 Å². The molecule has 4 nitrogen and oxygen atoms in total. The van der Waals surface area contributed by atoms with E-state index in [2.05, 4.69) is 10.4 Å². The lowest BCUT2D eigenvalue weighted by atomic mass is 10.1. The van der Waals surface area contributed by atoms with E-state index >= 15 is 0 Å². The zero-order valence-electron chi connectivity index (χ0n) is 9.26. The van der Waals surface area contributed by atoms with Crippen molar-refractivity contribution in [2.45, 2.75) is 6.42 Å². The Balaban J connectivity index is 2.26. The highest BCUT2D eigenvalue weighted by Crippen LogP contribution is 2.17. The van der Waals surface area contributed by atoms with Gasteiger partial charge in [-0.15, -0.1) is 0 Å². The first-order valence-electron chi connectivity index (χ1n) is 5.29. The van der Waals surface area contributed by atoms with Crippen molar-refractivity contribution in [3.63, 3.8) is 0 Å². The molecular weight excluding hydrogens is 214 g/mol. The van der Waals surface area contributed by atoms with Gasteiger partial charge in [-0.25, -0.2) is 5.84 Å². The molecule has 3 N–H and O–H groups in total. The third-order valence-electron chi connectivity index (χ3n) is 2.41. The molecular formula is C13H13N3O. The summed E-state index contributed by atoms with van der Waals surface area (Å²) in [6, 6.07) is 13.4. The summed E-state index contributed by atoms with van der Waals surface area (Å²) in [6.45, 7) is 0. The number of amides is 1. The number of rotatable bonds is 3. The number of hydrogen-bond donors (Lipinski definition) is 2. The summed E-state index contributed by atoms with van der Waals surface area (Å²) in [5.41, 5.74) is 4.92. The molecule has 1 amide bonds. The van der Waals surface area contributed by atoms with Gasteiger partial charge < -0.3 is 0 Å². The van der Waals surface area contributed by atoms with E-state index in [1.54, 1.807) is 6.20 Å². The van der Waals surface area contributed by atoms with Gasteiger partial charge in [-0.2, -0.15) is 0 Å². The fourth-order valence-corrected chi connectivity index (χ4v) is 1.61. The number of pyridine rings is 1. The number of carbonyl (C=O) groups excluding carboxylic acids is 1. The molecule has 86 valence electrons. The van der Waals surface area contributed by atoms with E-state index in [1.165, 1.54) is 0 Å². The molecule has 0 aliphatic heterocycles. The topological polar surface area (TPSA) is 68.0 Å². The summed E-state index contributed by atoms with van der Waals surface area (Å²) < 4.78 is 0. The fraction of sp³-hybridized carbons (Fsp3) is 0.0769. The number of carbonyl (C=O) groups is 1. The van der Waals surface area contributed by atoms with Crippen LogP contribution in [0.15, 0.2) is 48.7 Å². The molecule has 0 atom stereocenters. The minimum Gasteiger partial charge on any atom is -0.294 e. The zero-order chi connectivity index (χ0) is 12.1. The molecule has 0 radical (unpaired) electrons. The van der Waals surface area contributed by atoms with Crippen molar-refractivity contribution in [1.82, 2.24) is 10.4 Å². The summed E-state index contributed by atoms with van der Waals surface area (Å²) in [5.74, 6) is 4.85. The van der Waals surface area contributed by atoms with Gasteiger partial charge in [0.15, 0.2) is 0 Å². The summed E-state index contributed by atoms with van der Waals surface area (Å²) in [5, 5.41) is 0. The Morgan fingerprint density at radius 1 is 1.24 bits per heavy atom. The van der Waals surface area contributed by atoms with Crippen LogP contribution in [-0.2, 0) is 11.2 Å². The van der Waals surface area contributed by atoms with E-state index < -0.39 is 0 Å². The Morgan fingerprint density at radius 3 is 2.82 bits per heavy atom. The SMILES string of the molecule is NNC(=O)Cc1cccc(-c2ccccn2)c1. The van der Waals surface area contributed by atoms with E-state index in [4.69, 9.17) is 5.84 Å². The minimum atomic E-state index is -0.205. The maximum atomic E-state index is 11.2. The first kappa shape index (κ1) is 11.3. The van der Waals surface area contributed by atoms with Crippen LogP contribution in [0.5, 0.6) is 0 Å². The lowest BCUT2D eigenvalue weighted by Crippen LogP contribution is -2.31. The summed E-state index contributed by atoms with van der Waals surface area (Å²) in [6.07, 6.45) is 2.02. The second-order valence-electron chi connectivity index (χ2n) is 3.66. The number of nitrogens with one attached hydrogen (secondary N) is 1. The maximum absolute atomic E-state index is 11.2. The number of hydrogen-bond acceptors (Lipinski definition) is 3. The average molecular weight is 227 g/mol. The second kappa shape index (κ2) is 5.23. The number of hydrazine groups is 1. The van der Waals surface area contributed by atoms with Crippen LogP contribution in [0.4, 0.5) is 0 Å².